The molecular weight excluding hydrogens is 321 g/mol. The third-order valence-electron chi connectivity index (χ3n) is 3.15. The molecule has 0 aliphatic rings. The number of methoxy groups -OCH3 is 1. The van der Waals surface area contributed by atoms with Gasteiger partial charge in [-0.2, -0.15) is 0 Å². The van der Waals surface area contributed by atoms with Gasteiger partial charge in [-0.05, 0) is 48.4 Å². The van der Waals surface area contributed by atoms with Crippen LogP contribution in [-0.4, -0.2) is 7.11 Å². The standard InChI is InChI=1S/C16H17BrFNO/c1-11(13-3-5-16(20-2)6-4-13)19-10-12-7-14(17)9-15(18)8-12/h3-9,11,19H,10H2,1-2H3/t11-/m0/s1. The van der Waals surface area contributed by atoms with Crippen LogP contribution >= 0.6 is 15.9 Å². The van der Waals surface area contributed by atoms with Crippen molar-refractivity contribution in [3.63, 3.8) is 0 Å². The molecule has 0 aliphatic carbocycles. The van der Waals surface area contributed by atoms with E-state index in [0.717, 1.165) is 15.8 Å². The monoisotopic (exact) mass is 337 g/mol. The first-order valence-corrected chi connectivity index (χ1v) is 7.20. The van der Waals surface area contributed by atoms with E-state index in [1.165, 1.54) is 11.6 Å². The Morgan fingerprint density at radius 2 is 1.90 bits per heavy atom. The molecule has 2 nitrogen and oxygen atoms in total. The van der Waals surface area contributed by atoms with Crippen molar-refractivity contribution in [2.75, 3.05) is 7.11 Å². The summed E-state index contributed by atoms with van der Waals surface area (Å²) < 4.78 is 19.2. The minimum Gasteiger partial charge on any atom is -0.497 e. The van der Waals surface area contributed by atoms with Crippen LogP contribution in [-0.2, 0) is 6.54 Å². The van der Waals surface area contributed by atoms with E-state index in [-0.39, 0.29) is 11.9 Å². The van der Waals surface area contributed by atoms with E-state index in [9.17, 15) is 4.39 Å². The average molecular weight is 338 g/mol. The largest absolute Gasteiger partial charge is 0.497 e. The lowest BCUT2D eigenvalue weighted by molar-refractivity contribution is 0.414. The minimum absolute atomic E-state index is 0.183. The van der Waals surface area contributed by atoms with Crippen LogP contribution in [0.1, 0.15) is 24.1 Å². The van der Waals surface area contributed by atoms with Crippen LogP contribution in [0.4, 0.5) is 4.39 Å². The van der Waals surface area contributed by atoms with Crippen molar-refractivity contribution >= 4 is 15.9 Å². The summed E-state index contributed by atoms with van der Waals surface area (Å²) in [6, 6.07) is 13.0. The van der Waals surface area contributed by atoms with Gasteiger partial charge in [-0.3, -0.25) is 0 Å². The highest BCUT2D eigenvalue weighted by Gasteiger charge is 2.06. The molecule has 0 saturated heterocycles. The maximum atomic E-state index is 13.3. The van der Waals surface area contributed by atoms with Crippen LogP contribution in [0, 0.1) is 5.82 Å². The van der Waals surface area contributed by atoms with E-state index in [2.05, 4.69) is 28.2 Å². The first-order valence-electron chi connectivity index (χ1n) is 6.41. The first-order chi connectivity index (χ1) is 9.58. The highest BCUT2D eigenvalue weighted by Crippen LogP contribution is 2.19. The molecule has 20 heavy (non-hydrogen) atoms. The van der Waals surface area contributed by atoms with E-state index < -0.39 is 0 Å². The van der Waals surface area contributed by atoms with Gasteiger partial charge in [0.2, 0.25) is 0 Å². The van der Waals surface area contributed by atoms with Crippen LogP contribution in [0.2, 0.25) is 0 Å². The molecule has 0 spiro atoms. The second-order valence-electron chi connectivity index (χ2n) is 4.65. The summed E-state index contributed by atoms with van der Waals surface area (Å²) in [7, 11) is 1.65. The molecule has 2 aromatic carbocycles. The van der Waals surface area contributed by atoms with Crippen LogP contribution in [0.3, 0.4) is 0 Å². The Bertz CT molecular complexity index is 551. The van der Waals surface area contributed by atoms with Gasteiger partial charge in [0.15, 0.2) is 0 Å². The number of rotatable bonds is 5. The van der Waals surface area contributed by atoms with Gasteiger partial charge in [0.25, 0.3) is 0 Å². The fourth-order valence-electron chi connectivity index (χ4n) is 1.99. The molecule has 1 atom stereocenters. The van der Waals surface area contributed by atoms with Gasteiger partial charge >= 0.3 is 0 Å². The summed E-state index contributed by atoms with van der Waals surface area (Å²) in [5.41, 5.74) is 2.08. The maximum absolute atomic E-state index is 13.3. The van der Waals surface area contributed by atoms with E-state index >= 15 is 0 Å². The van der Waals surface area contributed by atoms with Crippen LogP contribution in [0.5, 0.6) is 5.75 Å². The summed E-state index contributed by atoms with van der Waals surface area (Å²) in [6.07, 6.45) is 0. The Morgan fingerprint density at radius 1 is 1.20 bits per heavy atom. The number of hydrogen-bond acceptors (Lipinski definition) is 2. The van der Waals surface area contributed by atoms with Crippen molar-refractivity contribution in [3.8, 4) is 5.75 Å². The Balaban J connectivity index is 1.98. The zero-order valence-corrected chi connectivity index (χ0v) is 13.1. The Labute approximate surface area is 127 Å². The minimum atomic E-state index is -0.228. The number of ether oxygens (including phenoxy) is 1. The number of halogens is 2. The van der Waals surface area contributed by atoms with E-state index in [4.69, 9.17) is 4.74 Å². The number of nitrogens with one attached hydrogen (secondary N) is 1. The molecule has 0 unspecified atom stereocenters. The van der Waals surface area contributed by atoms with Gasteiger partial charge in [0.05, 0.1) is 7.11 Å². The molecule has 2 rings (SSSR count). The molecule has 0 heterocycles. The van der Waals surface area contributed by atoms with Gasteiger partial charge in [0.1, 0.15) is 11.6 Å². The maximum Gasteiger partial charge on any atom is 0.124 e. The summed E-state index contributed by atoms with van der Waals surface area (Å²) in [6.45, 7) is 2.69. The quantitative estimate of drug-likeness (QED) is 0.870. The Hall–Kier alpha value is -1.39. The molecule has 0 bridgehead atoms. The second kappa shape index (κ2) is 6.86. The molecule has 106 valence electrons. The van der Waals surface area contributed by atoms with Crippen LogP contribution in [0.15, 0.2) is 46.9 Å². The van der Waals surface area contributed by atoms with Crippen LogP contribution in [0.25, 0.3) is 0 Å². The van der Waals surface area contributed by atoms with Gasteiger partial charge in [-0.1, -0.05) is 28.1 Å². The number of hydrogen-bond donors (Lipinski definition) is 1. The third-order valence-corrected chi connectivity index (χ3v) is 3.61. The molecule has 2 aromatic rings. The van der Waals surface area contributed by atoms with Gasteiger partial charge in [-0.25, -0.2) is 4.39 Å². The molecular formula is C16H17BrFNO. The fourth-order valence-corrected chi connectivity index (χ4v) is 2.51. The lowest BCUT2D eigenvalue weighted by Crippen LogP contribution is -2.18. The predicted octanol–water partition coefficient (Wildman–Crippen LogP) is 4.45. The lowest BCUT2D eigenvalue weighted by Gasteiger charge is -2.15. The van der Waals surface area contributed by atoms with Crippen molar-refractivity contribution in [1.29, 1.82) is 0 Å². The zero-order chi connectivity index (χ0) is 14.5. The predicted molar refractivity (Wildman–Crippen MR) is 82.3 cm³/mol. The van der Waals surface area contributed by atoms with Crippen molar-refractivity contribution in [2.24, 2.45) is 0 Å². The number of benzene rings is 2. The van der Waals surface area contributed by atoms with Crippen LogP contribution < -0.4 is 10.1 Å². The van der Waals surface area contributed by atoms with Crippen molar-refractivity contribution in [2.45, 2.75) is 19.5 Å². The molecule has 0 saturated carbocycles. The van der Waals surface area contributed by atoms with E-state index in [1.54, 1.807) is 13.2 Å². The van der Waals surface area contributed by atoms with Crippen molar-refractivity contribution in [3.05, 3.63) is 63.9 Å². The summed E-state index contributed by atoms with van der Waals surface area (Å²) >= 11 is 3.30. The fraction of sp³-hybridized carbons (Fsp3) is 0.250. The molecule has 4 heteroatoms. The highest BCUT2D eigenvalue weighted by atomic mass is 79.9. The van der Waals surface area contributed by atoms with E-state index in [1.807, 2.05) is 30.3 Å². The first kappa shape index (κ1) is 15.0. The molecule has 0 radical (unpaired) electrons. The molecule has 0 aliphatic heterocycles. The summed E-state index contributed by atoms with van der Waals surface area (Å²) in [5, 5.41) is 3.38. The highest BCUT2D eigenvalue weighted by molar-refractivity contribution is 9.10. The SMILES string of the molecule is COc1ccc([C@H](C)NCc2cc(F)cc(Br)c2)cc1. The second-order valence-corrected chi connectivity index (χ2v) is 5.57. The molecule has 1 N–H and O–H groups in total. The third kappa shape index (κ3) is 4.05. The van der Waals surface area contributed by atoms with Gasteiger partial charge in [0, 0.05) is 17.1 Å². The lowest BCUT2D eigenvalue weighted by atomic mass is 10.1. The molecule has 0 fully saturated rings. The van der Waals surface area contributed by atoms with Crippen molar-refractivity contribution in [1.82, 2.24) is 5.32 Å². The Morgan fingerprint density at radius 3 is 2.50 bits per heavy atom. The topological polar surface area (TPSA) is 21.3 Å². The summed E-state index contributed by atoms with van der Waals surface area (Å²) in [4.78, 5) is 0. The van der Waals surface area contributed by atoms with Crippen molar-refractivity contribution < 1.29 is 9.13 Å². The molecule has 0 aromatic heterocycles. The Kier molecular flexibility index (Phi) is 5.15. The van der Waals surface area contributed by atoms with E-state index in [0.29, 0.717) is 6.54 Å². The normalized spacial score (nSPS) is 12.2. The van der Waals surface area contributed by atoms with Gasteiger partial charge in [-0.15, -0.1) is 0 Å². The summed E-state index contributed by atoms with van der Waals surface area (Å²) in [5.74, 6) is 0.614. The van der Waals surface area contributed by atoms with Gasteiger partial charge < -0.3 is 10.1 Å². The smallest absolute Gasteiger partial charge is 0.124 e. The average Bonchev–Trinajstić information content (AvgIpc) is 2.44. The zero-order valence-electron chi connectivity index (χ0n) is 11.5. The molecule has 0 amide bonds.